The van der Waals surface area contributed by atoms with Crippen molar-refractivity contribution in [2.24, 2.45) is 0 Å². The highest BCUT2D eigenvalue weighted by molar-refractivity contribution is 6.36. The molecule has 5 nitrogen and oxygen atoms in total. The third-order valence-electron chi connectivity index (χ3n) is 2.75. The number of carbonyl (C=O) groups is 1. The Morgan fingerprint density at radius 1 is 1.32 bits per heavy atom. The van der Waals surface area contributed by atoms with Gasteiger partial charge in [-0.15, -0.1) is 0 Å². The summed E-state index contributed by atoms with van der Waals surface area (Å²) in [5.74, 6) is 0.509. The summed E-state index contributed by atoms with van der Waals surface area (Å²) in [6.45, 7) is 2.68. The van der Waals surface area contributed by atoms with Crippen molar-refractivity contribution in [3.05, 3.63) is 52.1 Å². The van der Waals surface area contributed by atoms with Gasteiger partial charge in [0.2, 0.25) is 5.88 Å². The predicted molar refractivity (Wildman–Crippen MR) is 87.7 cm³/mol. The standard InChI is InChI=1S/C15H15Cl2N3O2/c1-2-22-14-10(4-3-7-18-14)9-19-15(21)20-13-6-5-11(16)8-12(13)17/h3-8H,2,9H2,1H3,(H2,19,20,21). The molecular formula is C15H15Cl2N3O2. The summed E-state index contributed by atoms with van der Waals surface area (Å²) >= 11 is 11.8. The van der Waals surface area contributed by atoms with Crippen LogP contribution in [-0.4, -0.2) is 17.6 Å². The van der Waals surface area contributed by atoms with E-state index in [1.165, 1.54) is 0 Å². The summed E-state index contributed by atoms with van der Waals surface area (Å²) in [5, 5.41) is 6.26. The molecule has 0 radical (unpaired) electrons. The number of amides is 2. The molecule has 7 heteroatoms. The number of pyridine rings is 1. The largest absolute Gasteiger partial charge is 0.478 e. The lowest BCUT2D eigenvalue weighted by atomic mass is 10.2. The Kier molecular flexibility index (Phi) is 5.86. The van der Waals surface area contributed by atoms with E-state index in [2.05, 4.69) is 15.6 Å². The van der Waals surface area contributed by atoms with E-state index in [1.54, 1.807) is 30.5 Å². The lowest BCUT2D eigenvalue weighted by Crippen LogP contribution is -2.28. The van der Waals surface area contributed by atoms with Crippen molar-refractivity contribution in [1.82, 2.24) is 10.3 Å². The molecule has 0 spiro atoms. The number of rotatable bonds is 5. The van der Waals surface area contributed by atoms with Crippen LogP contribution in [0.15, 0.2) is 36.5 Å². The number of halogens is 2. The zero-order valence-electron chi connectivity index (χ0n) is 11.9. The van der Waals surface area contributed by atoms with Crippen molar-refractivity contribution in [2.45, 2.75) is 13.5 Å². The van der Waals surface area contributed by atoms with E-state index >= 15 is 0 Å². The lowest BCUT2D eigenvalue weighted by molar-refractivity contribution is 0.251. The van der Waals surface area contributed by atoms with Gasteiger partial charge in [-0.25, -0.2) is 9.78 Å². The number of anilines is 1. The van der Waals surface area contributed by atoms with Gasteiger partial charge < -0.3 is 15.4 Å². The zero-order valence-corrected chi connectivity index (χ0v) is 13.4. The van der Waals surface area contributed by atoms with Crippen LogP contribution in [0.25, 0.3) is 0 Å². The third kappa shape index (κ3) is 4.51. The summed E-state index contributed by atoms with van der Waals surface area (Å²) in [6.07, 6.45) is 1.64. The maximum absolute atomic E-state index is 11.9. The molecule has 1 heterocycles. The second-order valence-corrected chi connectivity index (χ2v) is 5.18. The van der Waals surface area contributed by atoms with Crippen LogP contribution < -0.4 is 15.4 Å². The molecule has 0 aliphatic carbocycles. The topological polar surface area (TPSA) is 63.2 Å². The minimum atomic E-state index is -0.379. The summed E-state index contributed by atoms with van der Waals surface area (Å²) in [4.78, 5) is 16.0. The Hall–Kier alpha value is -1.98. The van der Waals surface area contributed by atoms with Crippen LogP contribution in [0.5, 0.6) is 5.88 Å². The van der Waals surface area contributed by atoms with Crippen molar-refractivity contribution in [3.63, 3.8) is 0 Å². The van der Waals surface area contributed by atoms with E-state index in [0.29, 0.717) is 34.8 Å². The van der Waals surface area contributed by atoms with E-state index in [-0.39, 0.29) is 6.03 Å². The number of hydrogen-bond acceptors (Lipinski definition) is 3. The molecule has 116 valence electrons. The van der Waals surface area contributed by atoms with Gasteiger partial charge in [0.15, 0.2) is 0 Å². The summed E-state index contributed by atoms with van der Waals surface area (Å²) in [7, 11) is 0. The lowest BCUT2D eigenvalue weighted by Gasteiger charge is -2.11. The molecule has 2 N–H and O–H groups in total. The smallest absolute Gasteiger partial charge is 0.319 e. The number of aromatic nitrogens is 1. The molecule has 0 bridgehead atoms. The van der Waals surface area contributed by atoms with E-state index in [9.17, 15) is 4.79 Å². The van der Waals surface area contributed by atoms with Crippen LogP contribution in [0, 0.1) is 0 Å². The molecule has 22 heavy (non-hydrogen) atoms. The molecule has 2 aromatic rings. The normalized spacial score (nSPS) is 10.1. The molecule has 0 unspecified atom stereocenters. The van der Waals surface area contributed by atoms with Gasteiger partial charge in [0.05, 0.1) is 17.3 Å². The molecule has 1 aromatic heterocycles. The Labute approximate surface area is 138 Å². The zero-order chi connectivity index (χ0) is 15.9. The SMILES string of the molecule is CCOc1ncccc1CNC(=O)Nc1ccc(Cl)cc1Cl. The Morgan fingerprint density at radius 3 is 2.86 bits per heavy atom. The van der Waals surface area contributed by atoms with Gasteiger partial charge in [-0.1, -0.05) is 29.3 Å². The van der Waals surface area contributed by atoms with E-state index in [1.807, 2.05) is 13.0 Å². The van der Waals surface area contributed by atoms with Gasteiger partial charge in [-0.05, 0) is 31.2 Å². The predicted octanol–water partition coefficient (Wildman–Crippen LogP) is 4.11. The first-order valence-corrected chi connectivity index (χ1v) is 7.42. The van der Waals surface area contributed by atoms with Crippen LogP contribution in [-0.2, 0) is 6.54 Å². The summed E-state index contributed by atoms with van der Waals surface area (Å²) in [6, 6.07) is 8.10. The highest BCUT2D eigenvalue weighted by Crippen LogP contribution is 2.25. The van der Waals surface area contributed by atoms with Gasteiger partial charge in [-0.2, -0.15) is 0 Å². The van der Waals surface area contributed by atoms with E-state index in [0.717, 1.165) is 5.56 Å². The minimum absolute atomic E-state index is 0.292. The highest BCUT2D eigenvalue weighted by atomic mass is 35.5. The summed E-state index contributed by atoms with van der Waals surface area (Å²) < 4.78 is 5.40. The number of ether oxygens (including phenoxy) is 1. The van der Waals surface area contributed by atoms with Crippen LogP contribution in [0.1, 0.15) is 12.5 Å². The first kappa shape index (κ1) is 16.4. The van der Waals surface area contributed by atoms with Gasteiger partial charge in [0.25, 0.3) is 0 Å². The van der Waals surface area contributed by atoms with Crippen LogP contribution >= 0.6 is 23.2 Å². The van der Waals surface area contributed by atoms with Gasteiger partial charge in [-0.3, -0.25) is 0 Å². The highest BCUT2D eigenvalue weighted by Gasteiger charge is 2.08. The Bertz CT molecular complexity index is 665. The molecule has 0 aliphatic heterocycles. The molecule has 0 atom stereocenters. The third-order valence-corrected chi connectivity index (χ3v) is 3.30. The molecular weight excluding hydrogens is 325 g/mol. The summed E-state index contributed by atoms with van der Waals surface area (Å²) in [5.41, 5.74) is 1.28. The van der Waals surface area contributed by atoms with Gasteiger partial charge >= 0.3 is 6.03 Å². The fourth-order valence-electron chi connectivity index (χ4n) is 1.76. The fourth-order valence-corrected chi connectivity index (χ4v) is 2.21. The fraction of sp³-hybridized carbons (Fsp3) is 0.200. The van der Waals surface area contributed by atoms with Gasteiger partial charge in [0.1, 0.15) is 0 Å². The van der Waals surface area contributed by atoms with E-state index < -0.39 is 0 Å². The average molecular weight is 340 g/mol. The molecule has 0 fully saturated rings. The molecule has 2 amide bonds. The average Bonchev–Trinajstić information content (AvgIpc) is 2.49. The van der Waals surface area contributed by atoms with Crippen molar-refractivity contribution in [1.29, 1.82) is 0 Å². The molecule has 0 aliphatic rings. The quantitative estimate of drug-likeness (QED) is 0.861. The maximum atomic E-state index is 11.9. The number of carbonyl (C=O) groups excluding carboxylic acids is 1. The molecule has 1 aromatic carbocycles. The van der Waals surface area contributed by atoms with Gasteiger partial charge in [0, 0.05) is 23.3 Å². The van der Waals surface area contributed by atoms with Crippen LogP contribution in [0.4, 0.5) is 10.5 Å². The first-order valence-electron chi connectivity index (χ1n) is 6.66. The molecule has 0 saturated heterocycles. The van der Waals surface area contributed by atoms with E-state index in [4.69, 9.17) is 27.9 Å². The second-order valence-electron chi connectivity index (χ2n) is 4.33. The monoisotopic (exact) mass is 339 g/mol. The number of benzene rings is 1. The van der Waals surface area contributed by atoms with Crippen molar-refractivity contribution < 1.29 is 9.53 Å². The Morgan fingerprint density at radius 2 is 2.14 bits per heavy atom. The van der Waals surface area contributed by atoms with Crippen LogP contribution in [0.3, 0.4) is 0 Å². The first-order chi connectivity index (χ1) is 10.6. The van der Waals surface area contributed by atoms with Crippen molar-refractivity contribution in [2.75, 3.05) is 11.9 Å². The maximum Gasteiger partial charge on any atom is 0.319 e. The van der Waals surface area contributed by atoms with Crippen molar-refractivity contribution in [3.8, 4) is 5.88 Å². The minimum Gasteiger partial charge on any atom is -0.478 e. The number of urea groups is 1. The Balaban J connectivity index is 1.95. The molecule has 0 saturated carbocycles. The number of hydrogen-bond donors (Lipinski definition) is 2. The second kappa shape index (κ2) is 7.87. The number of nitrogens with zero attached hydrogens (tertiary/aromatic N) is 1. The number of nitrogens with one attached hydrogen (secondary N) is 2. The van der Waals surface area contributed by atoms with Crippen molar-refractivity contribution >= 4 is 34.9 Å². The molecule has 2 rings (SSSR count). The van der Waals surface area contributed by atoms with Crippen LogP contribution in [0.2, 0.25) is 10.0 Å².